The second-order valence-corrected chi connectivity index (χ2v) is 4.66. The van der Waals surface area contributed by atoms with Gasteiger partial charge >= 0.3 is 5.69 Å². The smallest absolute Gasteiger partial charge is 0.333 e. The molecular weight excluding hydrogens is 236 g/mol. The van der Waals surface area contributed by atoms with Gasteiger partial charge in [-0.2, -0.15) is 5.10 Å². The third-order valence-electron chi connectivity index (χ3n) is 3.45. The molecule has 1 saturated heterocycles. The van der Waals surface area contributed by atoms with E-state index in [9.17, 15) is 15.2 Å². The zero-order valence-corrected chi connectivity index (χ0v) is 10.7. The molecule has 0 aromatic carbocycles. The van der Waals surface area contributed by atoms with Crippen LogP contribution in [0, 0.1) is 17.0 Å². The molecule has 1 N–H and O–H groups in total. The van der Waals surface area contributed by atoms with Crippen molar-refractivity contribution in [2.75, 3.05) is 18.1 Å². The Labute approximate surface area is 105 Å². The van der Waals surface area contributed by atoms with E-state index in [1.807, 2.05) is 4.90 Å². The molecule has 1 aromatic heterocycles. The lowest BCUT2D eigenvalue weighted by molar-refractivity contribution is -0.384. The topological polar surface area (TPSA) is 84.4 Å². The number of aromatic nitrogens is 2. The Kier molecular flexibility index (Phi) is 3.51. The van der Waals surface area contributed by atoms with Crippen LogP contribution in [-0.2, 0) is 7.05 Å². The maximum atomic E-state index is 11.2. The largest absolute Gasteiger partial charge is 0.394 e. The van der Waals surface area contributed by atoms with Crippen LogP contribution < -0.4 is 4.90 Å². The fraction of sp³-hybridized carbons (Fsp3) is 0.727. The second-order valence-electron chi connectivity index (χ2n) is 4.66. The summed E-state index contributed by atoms with van der Waals surface area (Å²) < 4.78 is 1.54. The monoisotopic (exact) mass is 254 g/mol. The molecular formula is C11H18N4O3. The van der Waals surface area contributed by atoms with Gasteiger partial charge in [0.1, 0.15) is 5.69 Å². The molecule has 1 atom stereocenters. The predicted octanol–water partition coefficient (Wildman–Crippen LogP) is 0.988. The molecule has 1 unspecified atom stereocenters. The van der Waals surface area contributed by atoms with Gasteiger partial charge in [-0.25, -0.2) is 4.68 Å². The van der Waals surface area contributed by atoms with Crippen LogP contribution in [0.4, 0.5) is 11.5 Å². The molecule has 0 bridgehead atoms. The molecule has 2 heterocycles. The van der Waals surface area contributed by atoms with Crippen molar-refractivity contribution in [3.8, 4) is 0 Å². The minimum atomic E-state index is -0.388. The lowest BCUT2D eigenvalue weighted by Gasteiger charge is -2.35. The average Bonchev–Trinajstić information content (AvgIpc) is 2.64. The van der Waals surface area contributed by atoms with Gasteiger partial charge in [-0.1, -0.05) is 0 Å². The molecule has 18 heavy (non-hydrogen) atoms. The number of aryl methyl sites for hydroxylation is 2. The number of aliphatic hydroxyl groups excluding tert-OH is 1. The molecule has 1 aliphatic rings. The van der Waals surface area contributed by atoms with E-state index in [4.69, 9.17) is 0 Å². The summed E-state index contributed by atoms with van der Waals surface area (Å²) in [5, 5.41) is 24.7. The van der Waals surface area contributed by atoms with E-state index in [0.29, 0.717) is 11.5 Å². The standard InChI is InChI=1S/C11H18N4O3/c1-8-10(15(17)18)11(13(2)12-8)14-6-4-3-5-9(14)7-16/h9,16H,3-7H2,1-2H3. The first-order valence-corrected chi connectivity index (χ1v) is 6.11. The van der Waals surface area contributed by atoms with Crippen molar-refractivity contribution in [1.29, 1.82) is 0 Å². The highest BCUT2D eigenvalue weighted by Crippen LogP contribution is 2.34. The van der Waals surface area contributed by atoms with Crippen LogP contribution in [0.2, 0.25) is 0 Å². The number of anilines is 1. The normalized spacial score (nSPS) is 20.2. The van der Waals surface area contributed by atoms with Gasteiger partial charge in [0.15, 0.2) is 0 Å². The molecule has 1 aliphatic heterocycles. The fourth-order valence-corrected chi connectivity index (χ4v) is 2.64. The number of piperidine rings is 1. The van der Waals surface area contributed by atoms with Crippen LogP contribution in [-0.4, -0.2) is 39.0 Å². The number of aliphatic hydroxyl groups is 1. The van der Waals surface area contributed by atoms with E-state index in [0.717, 1.165) is 25.8 Å². The highest BCUT2D eigenvalue weighted by Gasteiger charge is 2.33. The molecule has 1 fully saturated rings. The Balaban J connectivity index is 2.45. The third kappa shape index (κ3) is 2.05. The van der Waals surface area contributed by atoms with Crippen LogP contribution in [0.25, 0.3) is 0 Å². The maximum Gasteiger partial charge on any atom is 0.333 e. The van der Waals surface area contributed by atoms with Crippen LogP contribution in [0.3, 0.4) is 0 Å². The Morgan fingerprint density at radius 1 is 1.56 bits per heavy atom. The quantitative estimate of drug-likeness (QED) is 0.642. The van der Waals surface area contributed by atoms with Gasteiger partial charge in [0.25, 0.3) is 0 Å². The SMILES string of the molecule is Cc1nn(C)c(N2CCCCC2CO)c1[N+](=O)[O-]. The number of nitro groups is 1. The van der Waals surface area contributed by atoms with Crippen molar-refractivity contribution in [1.82, 2.24) is 9.78 Å². The Hall–Kier alpha value is -1.63. The summed E-state index contributed by atoms with van der Waals surface area (Å²) in [6.45, 7) is 2.38. The predicted molar refractivity (Wildman–Crippen MR) is 66.7 cm³/mol. The minimum Gasteiger partial charge on any atom is -0.394 e. The number of hydrogen-bond donors (Lipinski definition) is 1. The van der Waals surface area contributed by atoms with Crippen molar-refractivity contribution in [2.45, 2.75) is 32.2 Å². The summed E-state index contributed by atoms with van der Waals surface area (Å²) in [6.07, 6.45) is 2.89. The van der Waals surface area contributed by atoms with Crippen molar-refractivity contribution in [2.24, 2.45) is 7.05 Å². The first-order chi connectivity index (χ1) is 8.56. The summed E-state index contributed by atoms with van der Waals surface area (Å²) in [5.74, 6) is 0.510. The molecule has 0 aliphatic carbocycles. The second kappa shape index (κ2) is 4.93. The van der Waals surface area contributed by atoms with Crippen molar-refractivity contribution in [3.05, 3.63) is 15.8 Å². The van der Waals surface area contributed by atoms with Gasteiger partial charge in [-0.3, -0.25) is 10.1 Å². The molecule has 7 heteroatoms. The summed E-state index contributed by atoms with van der Waals surface area (Å²) >= 11 is 0. The van der Waals surface area contributed by atoms with Crippen LogP contribution >= 0.6 is 0 Å². The number of rotatable bonds is 3. The van der Waals surface area contributed by atoms with Gasteiger partial charge in [-0.15, -0.1) is 0 Å². The average molecular weight is 254 g/mol. The first kappa shape index (κ1) is 12.8. The lowest BCUT2D eigenvalue weighted by atomic mass is 10.0. The minimum absolute atomic E-state index is 0.0153. The van der Waals surface area contributed by atoms with Crippen molar-refractivity contribution < 1.29 is 10.0 Å². The fourth-order valence-electron chi connectivity index (χ4n) is 2.64. The van der Waals surface area contributed by atoms with Gasteiger partial charge in [0.2, 0.25) is 5.82 Å². The van der Waals surface area contributed by atoms with Gasteiger partial charge < -0.3 is 10.0 Å². The van der Waals surface area contributed by atoms with Gasteiger partial charge in [0.05, 0.1) is 17.6 Å². The molecule has 1 aromatic rings. The Morgan fingerprint density at radius 2 is 2.28 bits per heavy atom. The summed E-state index contributed by atoms with van der Waals surface area (Å²) in [7, 11) is 1.71. The summed E-state index contributed by atoms with van der Waals surface area (Å²) in [6, 6.07) is -0.0488. The van der Waals surface area contributed by atoms with E-state index >= 15 is 0 Å². The van der Waals surface area contributed by atoms with Gasteiger partial charge in [0, 0.05) is 13.6 Å². The highest BCUT2D eigenvalue weighted by molar-refractivity contribution is 5.62. The molecule has 7 nitrogen and oxygen atoms in total. The van der Waals surface area contributed by atoms with E-state index < -0.39 is 0 Å². The molecule has 0 spiro atoms. The Bertz CT molecular complexity index is 457. The number of hydrogen-bond acceptors (Lipinski definition) is 5. The maximum absolute atomic E-state index is 11.2. The summed E-state index contributed by atoms with van der Waals surface area (Å²) in [4.78, 5) is 12.7. The first-order valence-electron chi connectivity index (χ1n) is 6.11. The lowest BCUT2D eigenvalue weighted by Crippen LogP contribution is -2.43. The van der Waals surface area contributed by atoms with E-state index in [1.54, 1.807) is 18.7 Å². The van der Waals surface area contributed by atoms with E-state index in [-0.39, 0.29) is 23.3 Å². The zero-order chi connectivity index (χ0) is 13.3. The van der Waals surface area contributed by atoms with Crippen LogP contribution in [0.15, 0.2) is 0 Å². The molecule has 2 rings (SSSR count). The number of nitrogens with zero attached hydrogens (tertiary/aromatic N) is 4. The highest BCUT2D eigenvalue weighted by atomic mass is 16.6. The summed E-state index contributed by atoms with van der Waals surface area (Å²) in [5.41, 5.74) is 0.470. The molecule has 0 radical (unpaired) electrons. The zero-order valence-electron chi connectivity index (χ0n) is 10.7. The molecule has 100 valence electrons. The van der Waals surface area contributed by atoms with E-state index in [1.165, 1.54) is 0 Å². The third-order valence-corrected chi connectivity index (χ3v) is 3.45. The molecule has 0 saturated carbocycles. The van der Waals surface area contributed by atoms with Crippen molar-refractivity contribution >= 4 is 11.5 Å². The van der Waals surface area contributed by atoms with Crippen molar-refractivity contribution in [3.63, 3.8) is 0 Å². The Morgan fingerprint density at radius 3 is 2.89 bits per heavy atom. The van der Waals surface area contributed by atoms with Gasteiger partial charge in [-0.05, 0) is 26.2 Å². The molecule has 0 amide bonds. The van der Waals surface area contributed by atoms with Crippen LogP contribution in [0.5, 0.6) is 0 Å². The van der Waals surface area contributed by atoms with E-state index in [2.05, 4.69) is 5.10 Å². The van der Waals surface area contributed by atoms with Crippen LogP contribution in [0.1, 0.15) is 25.0 Å².